The lowest BCUT2D eigenvalue weighted by atomic mass is 10.2. The maximum atomic E-state index is 9.30. The molecule has 0 fully saturated rings. The van der Waals surface area contributed by atoms with Crippen LogP contribution in [0.2, 0.25) is 5.15 Å². The summed E-state index contributed by atoms with van der Waals surface area (Å²) in [6.07, 6.45) is 0.695. The third kappa shape index (κ3) is 2.10. The van der Waals surface area contributed by atoms with Crippen molar-refractivity contribution in [2.45, 2.75) is 20.0 Å². The average molecular weight is 262 g/mol. The number of rotatable bonds is 3. The molecular weight excluding hydrogens is 250 g/mol. The van der Waals surface area contributed by atoms with E-state index in [2.05, 4.69) is 11.2 Å². The van der Waals surface area contributed by atoms with Crippen LogP contribution >= 0.6 is 11.6 Å². The van der Waals surface area contributed by atoms with Crippen LogP contribution in [0.25, 0.3) is 5.69 Å². The van der Waals surface area contributed by atoms with E-state index in [9.17, 15) is 5.11 Å². The number of benzene rings is 1. The molecule has 1 aromatic carbocycles. The van der Waals surface area contributed by atoms with Crippen LogP contribution in [0.5, 0.6) is 0 Å². The van der Waals surface area contributed by atoms with E-state index in [1.807, 2.05) is 13.0 Å². The molecule has 18 heavy (non-hydrogen) atoms. The summed E-state index contributed by atoms with van der Waals surface area (Å²) in [7, 11) is 0. The van der Waals surface area contributed by atoms with Crippen LogP contribution in [0, 0.1) is 11.3 Å². The van der Waals surface area contributed by atoms with Gasteiger partial charge in [-0.15, -0.1) is 0 Å². The van der Waals surface area contributed by atoms with Gasteiger partial charge in [-0.3, -0.25) is 0 Å². The van der Waals surface area contributed by atoms with Gasteiger partial charge in [0.25, 0.3) is 0 Å². The number of aromatic nitrogens is 2. The Morgan fingerprint density at radius 3 is 2.83 bits per heavy atom. The quantitative estimate of drug-likeness (QED) is 0.923. The molecule has 0 spiro atoms. The summed E-state index contributed by atoms with van der Waals surface area (Å²) >= 11 is 6.20. The van der Waals surface area contributed by atoms with E-state index in [-0.39, 0.29) is 6.61 Å². The smallest absolute Gasteiger partial charge is 0.138 e. The molecule has 0 bridgehead atoms. The van der Waals surface area contributed by atoms with Gasteiger partial charge < -0.3 is 5.11 Å². The highest BCUT2D eigenvalue weighted by atomic mass is 35.5. The van der Waals surface area contributed by atoms with Crippen molar-refractivity contribution in [2.24, 2.45) is 0 Å². The van der Waals surface area contributed by atoms with E-state index in [1.165, 1.54) is 0 Å². The summed E-state index contributed by atoms with van der Waals surface area (Å²) in [4.78, 5) is 0. The van der Waals surface area contributed by atoms with Crippen molar-refractivity contribution in [1.29, 1.82) is 5.26 Å². The van der Waals surface area contributed by atoms with Gasteiger partial charge >= 0.3 is 0 Å². The van der Waals surface area contributed by atoms with Gasteiger partial charge in [-0.25, -0.2) is 4.68 Å². The van der Waals surface area contributed by atoms with Crippen molar-refractivity contribution >= 4 is 11.6 Å². The zero-order valence-electron chi connectivity index (χ0n) is 9.89. The number of halogens is 1. The maximum Gasteiger partial charge on any atom is 0.138 e. The molecule has 0 amide bonds. The predicted molar refractivity (Wildman–Crippen MR) is 68.6 cm³/mol. The highest BCUT2D eigenvalue weighted by Crippen LogP contribution is 2.24. The Morgan fingerprint density at radius 1 is 1.50 bits per heavy atom. The lowest BCUT2D eigenvalue weighted by Crippen LogP contribution is -1.97. The normalized spacial score (nSPS) is 10.3. The highest BCUT2D eigenvalue weighted by molar-refractivity contribution is 6.30. The number of hydrogen-bond donors (Lipinski definition) is 1. The zero-order valence-corrected chi connectivity index (χ0v) is 10.6. The number of aliphatic hydroxyl groups is 1. The highest BCUT2D eigenvalue weighted by Gasteiger charge is 2.15. The first-order valence-corrected chi connectivity index (χ1v) is 5.96. The van der Waals surface area contributed by atoms with Gasteiger partial charge in [0.15, 0.2) is 0 Å². The minimum atomic E-state index is -0.139. The third-order valence-corrected chi connectivity index (χ3v) is 3.11. The minimum absolute atomic E-state index is 0.139. The van der Waals surface area contributed by atoms with Crippen LogP contribution in [-0.2, 0) is 13.0 Å². The molecule has 5 heteroatoms. The molecule has 4 nitrogen and oxygen atoms in total. The summed E-state index contributed by atoms with van der Waals surface area (Å²) in [5.74, 6) is 0. The first-order chi connectivity index (χ1) is 8.71. The third-order valence-electron chi connectivity index (χ3n) is 2.72. The van der Waals surface area contributed by atoms with Gasteiger partial charge in [-0.1, -0.05) is 24.6 Å². The number of aryl methyl sites for hydroxylation is 1. The number of nitrogens with zero attached hydrogens (tertiary/aromatic N) is 3. The van der Waals surface area contributed by atoms with E-state index in [0.29, 0.717) is 28.4 Å². The Kier molecular flexibility index (Phi) is 3.66. The fourth-order valence-corrected chi connectivity index (χ4v) is 2.09. The van der Waals surface area contributed by atoms with Crippen molar-refractivity contribution in [3.8, 4) is 11.8 Å². The summed E-state index contributed by atoms with van der Waals surface area (Å²) < 4.78 is 1.55. The Morgan fingerprint density at radius 2 is 2.28 bits per heavy atom. The monoisotopic (exact) mass is 261 g/mol. The summed E-state index contributed by atoms with van der Waals surface area (Å²) in [6.45, 7) is 1.81. The van der Waals surface area contributed by atoms with Crippen molar-refractivity contribution < 1.29 is 5.11 Å². The molecule has 1 aromatic heterocycles. The molecule has 0 radical (unpaired) electrons. The lowest BCUT2D eigenvalue weighted by molar-refractivity contribution is 0.281. The second kappa shape index (κ2) is 5.21. The molecule has 1 heterocycles. The molecule has 1 N–H and O–H groups in total. The standard InChI is InChI=1S/C13H12ClN3O/c1-2-12-11(8-18)13(14)17(16-12)10-5-3-4-9(6-10)7-15/h3-6,18H,2,8H2,1H3. The van der Waals surface area contributed by atoms with Crippen molar-refractivity contribution in [1.82, 2.24) is 9.78 Å². The van der Waals surface area contributed by atoms with Gasteiger partial charge in [0.2, 0.25) is 0 Å². The minimum Gasteiger partial charge on any atom is -0.391 e. The Bertz CT molecular complexity index is 613. The second-order valence-corrected chi connectivity index (χ2v) is 4.16. The fraction of sp³-hybridized carbons (Fsp3) is 0.231. The van der Waals surface area contributed by atoms with Crippen LogP contribution in [0.4, 0.5) is 0 Å². The average Bonchev–Trinajstić information content (AvgIpc) is 2.75. The molecule has 0 atom stereocenters. The number of aliphatic hydroxyl groups excluding tert-OH is 1. The Labute approximate surface area is 110 Å². The molecule has 0 aliphatic carbocycles. The molecule has 0 aliphatic heterocycles. The zero-order chi connectivity index (χ0) is 13.1. The van der Waals surface area contributed by atoms with Gasteiger partial charge in [-0.05, 0) is 24.6 Å². The Hall–Kier alpha value is -1.83. The summed E-state index contributed by atoms with van der Waals surface area (Å²) in [5, 5.41) is 22.9. The molecule has 0 saturated heterocycles. The maximum absolute atomic E-state index is 9.30. The largest absolute Gasteiger partial charge is 0.391 e. The van der Waals surface area contributed by atoms with Crippen molar-refractivity contribution in [3.05, 3.63) is 46.2 Å². The molecule has 0 unspecified atom stereocenters. The van der Waals surface area contributed by atoms with E-state index in [1.54, 1.807) is 22.9 Å². The van der Waals surface area contributed by atoms with E-state index in [4.69, 9.17) is 16.9 Å². The fourth-order valence-electron chi connectivity index (χ4n) is 1.79. The van der Waals surface area contributed by atoms with Crippen LogP contribution in [0.3, 0.4) is 0 Å². The van der Waals surface area contributed by atoms with Gasteiger partial charge in [-0.2, -0.15) is 10.4 Å². The molecule has 0 saturated carbocycles. The lowest BCUT2D eigenvalue weighted by Gasteiger charge is -2.03. The first-order valence-electron chi connectivity index (χ1n) is 5.59. The van der Waals surface area contributed by atoms with Gasteiger partial charge in [0.05, 0.1) is 29.6 Å². The molecular formula is C13H12ClN3O. The van der Waals surface area contributed by atoms with Crippen molar-refractivity contribution in [2.75, 3.05) is 0 Å². The van der Waals surface area contributed by atoms with Crippen LogP contribution in [0.15, 0.2) is 24.3 Å². The van der Waals surface area contributed by atoms with E-state index < -0.39 is 0 Å². The van der Waals surface area contributed by atoms with Crippen molar-refractivity contribution in [3.63, 3.8) is 0 Å². The number of nitriles is 1. The molecule has 2 aromatic rings. The summed E-state index contributed by atoms with van der Waals surface area (Å²) in [5.41, 5.74) is 2.67. The SMILES string of the molecule is CCc1nn(-c2cccc(C#N)c2)c(Cl)c1CO. The van der Waals surface area contributed by atoms with E-state index >= 15 is 0 Å². The van der Waals surface area contributed by atoms with Gasteiger partial charge in [0, 0.05) is 5.56 Å². The van der Waals surface area contributed by atoms with Crippen LogP contribution < -0.4 is 0 Å². The summed E-state index contributed by atoms with van der Waals surface area (Å²) in [6, 6.07) is 9.09. The second-order valence-electron chi connectivity index (χ2n) is 3.80. The molecule has 0 aliphatic rings. The Balaban J connectivity index is 2.57. The first kappa shape index (κ1) is 12.6. The molecule has 2 rings (SSSR count). The van der Waals surface area contributed by atoms with Gasteiger partial charge in [0.1, 0.15) is 5.15 Å². The predicted octanol–water partition coefficient (Wildman–Crippen LogP) is 2.45. The number of hydrogen-bond acceptors (Lipinski definition) is 3. The van der Waals surface area contributed by atoms with E-state index in [0.717, 1.165) is 5.69 Å². The van der Waals surface area contributed by atoms with Crippen LogP contribution in [0.1, 0.15) is 23.7 Å². The molecule has 92 valence electrons. The topological polar surface area (TPSA) is 61.8 Å². The van der Waals surface area contributed by atoms with Crippen LogP contribution in [-0.4, -0.2) is 14.9 Å².